The lowest BCUT2D eigenvalue weighted by molar-refractivity contribution is -0.145. The first kappa shape index (κ1) is 14.6. The number of carbonyl (C=O) groups is 2. The fraction of sp³-hybridized carbons (Fsp3) is 0.636. The molecule has 5 nitrogen and oxygen atoms in total. The van der Waals surface area contributed by atoms with Crippen LogP contribution in [0.1, 0.15) is 13.8 Å². The van der Waals surface area contributed by atoms with Crippen LogP contribution < -0.4 is 0 Å². The molecule has 0 radical (unpaired) electrons. The second-order valence-electron chi connectivity index (χ2n) is 3.72. The first-order chi connectivity index (χ1) is 7.40. The number of nitrogens with zero attached hydrogens (tertiary/aromatic N) is 1. The van der Waals surface area contributed by atoms with E-state index in [4.69, 9.17) is 9.84 Å². The average Bonchev–Trinajstić information content (AvgIpc) is 2.24. The number of hydrogen-bond donors (Lipinski definition) is 1. The highest BCUT2D eigenvalue weighted by Crippen LogP contribution is 2.02. The molecule has 0 aliphatic rings. The van der Waals surface area contributed by atoms with Crippen LogP contribution in [0.4, 0.5) is 0 Å². The summed E-state index contributed by atoms with van der Waals surface area (Å²) in [6.07, 6.45) is 0.980. The highest BCUT2D eigenvalue weighted by molar-refractivity contribution is 5.81. The Morgan fingerprint density at radius 1 is 1.50 bits per heavy atom. The van der Waals surface area contributed by atoms with Crippen LogP contribution in [0.25, 0.3) is 0 Å². The van der Waals surface area contributed by atoms with E-state index in [0.717, 1.165) is 0 Å². The maximum absolute atomic E-state index is 11.7. The number of likely N-dealkylation sites (N-methyl/N-ethyl adjacent to an activating group) is 1. The third kappa shape index (κ3) is 4.93. The molecular weight excluding hydrogens is 210 g/mol. The maximum atomic E-state index is 11.7. The van der Waals surface area contributed by atoms with Gasteiger partial charge in [-0.25, -0.2) is 0 Å². The minimum Gasteiger partial charge on any atom is -0.481 e. The Balaban J connectivity index is 4.16. The van der Waals surface area contributed by atoms with Gasteiger partial charge < -0.3 is 14.7 Å². The number of carbonyl (C=O) groups excluding carboxylic acids is 1. The Morgan fingerprint density at radius 2 is 2.06 bits per heavy atom. The molecule has 0 rings (SSSR count). The van der Waals surface area contributed by atoms with E-state index in [2.05, 4.69) is 6.58 Å². The van der Waals surface area contributed by atoms with Crippen molar-refractivity contribution < 1.29 is 19.4 Å². The van der Waals surface area contributed by atoms with Crippen LogP contribution in [0.2, 0.25) is 0 Å². The molecule has 0 aromatic carbocycles. The largest absolute Gasteiger partial charge is 0.481 e. The molecule has 0 heterocycles. The molecule has 16 heavy (non-hydrogen) atoms. The molecule has 0 bridgehead atoms. The van der Waals surface area contributed by atoms with Crippen LogP contribution in [0.3, 0.4) is 0 Å². The molecule has 0 saturated carbocycles. The van der Waals surface area contributed by atoms with Crippen LogP contribution in [-0.2, 0) is 14.3 Å². The molecule has 0 spiro atoms. The lowest BCUT2D eigenvalue weighted by Crippen LogP contribution is -2.40. The third-order valence-electron chi connectivity index (χ3n) is 2.16. The number of carboxylic acids is 1. The van der Waals surface area contributed by atoms with Crippen molar-refractivity contribution >= 4 is 11.9 Å². The summed E-state index contributed by atoms with van der Waals surface area (Å²) in [5.41, 5.74) is 0. The molecule has 0 aliphatic heterocycles. The van der Waals surface area contributed by atoms with E-state index >= 15 is 0 Å². The summed E-state index contributed by atoms with van der Waals surface area (Å²) in [5.74, 6) is -1.73. The van der Waals surface area contributed by atoms with Crippen LogP contribution in [-0.4, -0.2) is 48.2 Å². The second-order valence-corrected chi connectivity index (χ2v) is 3.72. The number of hydrogen-bond acceptors (Lipinski definition) is 3. The Bertz CT molecular complexity index is 265. The topological polar surface area (TPSA) is 66.8 Å². The number of carboxylic acid groups (broad SMARTS) is 1. The SMILES string of the molecule is C=CCOC(C)C(=O)N(C)CC(C)C(=O)O. The normalized spacial score (nSPS) is 13.9. The molecule has 0 fully saturated rings. The Morgan fingerprint density at radius 3 is 2.50 bits per heavy atom. The maximum Gasteiger partial charge on any atom is 0.308 e. The number of amides is 1. The number of rotatable bonds is 7. The molecule has 2 atom stereocenters. The van der Waals surface area contributed by atoms with E-state index in [9.17, 15) is 9.59 Å². The van der Waals surface area contributed by atoms with Crippen molar-refractivity contribution in [3.05, 3.63) is 12.7 Å². The van der Waals surface area contributed by atoms with Crippen LogP contribution in [0.5, 0.6) is 0 Å². The number of ether oxygens (including phenoxy) is 1. The summed E-state index contributed by atoms with van der Waals surface area (Å²) in [5, 5.41) is 8.71. The van der Waals surface area contributed by atoms with Crippen molar-refractivity contribution in [3.63, 3.8) is 0 Å². The Hall–Kier alpha value is -1.36. The zero-order chi connectivity index (χ0) is 12.7. The van der Waals surface area contributed by atoms with Gasteiger partial charge in [-0.15, -0.1) is 6.58 Å². The molecule has 0 aromatic rings. The van der Waals surface area contributed by atoms with Gasteiger partial charge in [-0.3, -0.25) is 9.59 Å². The first-order valence-electron chi connectivity index (χ1n) is 5.10. The van der Waals surface area contributed by atoms with Gasteiger partial charge in [0, 0.05) is 13.6 Å². The van der Waals surface area contributed by atoms with Crippen molar-refractivity contribution in [2.75, 3.05) is 20.2 Å². The van der Waals surface area contributed by atoms with Gasteiger partial charge in [0.25, 0.3) is 5.91 Å². The average molecular weight is 229 g/mol. The minimum atomic E-state index is -0.917. The molecule has 1 N–H and O–H groups in total. The summed E-state index contributed by atoms with van der Waals surface area (Å²) in [4.78, 5) is 23.7. The van der Waals surface area contributed by atoms with Gasteiger partial charge in [-0.2, -0.15) is 0 Å². The van der Waals surface area contributed by atoms with Crippen molar-refractivity contribution in [3.8, 4) is 0 Å². The van der Waals surface area contributed by atoms with Crippen molar-refractivity contribution in [1.82, 2.24) is 4.90 Å². The predicted molar refractivity (Wildman–Crippen MR) is 60.0 cm³/mol. The lowest BCUT2D eigenvalue weighted by Gasteiger charge is -2.22. The van der Waals surface area contributed by atoms with E-state index in [1.165, 1.54) is 4.90 Å². The Kier molecular flexibility index (Phi) is 6.41. The van der Waals surface area contributed by atoms with Gasteiger partial charge in [0.2, 0.25) is 0 Å². The highest BCUT2D eigenvalue weighted by Gasteiger charge is 2.21. The molecule has 92 valence electrons. The summed E-state index contributed by atoms with van der Waals surface area (Å²) >= 11 is 0. The van der Waals surface area contributed by atoms with Crippen LogP contribution >= 0.6 is 0 Å². The molecule has 5 heteroatoms. The lowest BCUT2D eigenvalue weighted by atomic mass is 10.1. The van der Waals surface area contributed by atoms with E-state index in [-0.39, 0.29) is 12.5 Å². The standard InChI is InChI=1S/C11H19NO4/c1-5-6-16-9(3)10(13)12(4)7-8(2)11(14)15/h5,8-9H,1,6-7H2,2-4H3,(H,14,15). The minimum absolute atomic E-state index is 0.177. The summed E-state index contributed by atoms with van der Waals surface area (Å²) < 4.78 is 5.16. The summed E-state index contributed by atoms with van der Waals surface area (Å²) in [6, 6.07) is 0. The smallest absolute Gasteiger partial charge is 0.308 e. The zero-order valence-electron chi connectivity index (χ0n) is 9.97. The fourth-order valence-electron chi connectivity index (χ4n) is 1.17. The van der Waals surface area contributed by atoms with Gasteiger partial charge in [0.1, 0.15) is 6.10 Å². The van der Waals surface area contributed by atoms with Gasteiger partial charge in [0.15, 0.2) is 0 Å². The zero-order valence-corrected chi connectivity index (χ0v) is 9.97. The molecular formula is C11H19NO4. The predicted octanol–water partition coefficient (Wildman–Crippen LogP) is 0.757. The van der Waals surface area contributed by atoms with Crippen molar-refractivity contribution in [2.45, 2.75) is 20.0 Å². The van der Waals surface area contributed by atoms with Gasteiger partial charge in [0.05, 0.1) is 12.5 Å². The van der Waals surface area contributed by atoms with Gasteiger partial charge >= 0.3 is 5.97 Å². The molecule has 0 aliphatic carbocycles. The van der Waals surface area contributed by atoms with Gasteiger partial charge in [-0.05, 0) is 6.92 Å². The van der Waals surface area contributed by atoms with E-state index in [0.29, 0.717) is 6.61 Å². The summed E-state index contributed by atoms with van der Waals surface area (Å²) in [7, 11) is 1.57. The molecule has 1 amide bonds. The Labute approximate surface area is 95.7 Å². The first-order valence-corrected chi connectivity index (χ1v) is 5.10. The van der Waals surface area contributed by atoms with E-state index < -0.39 is 18.0 Å². The third-order valence-corrected chi connectivity index (χ3v) is 2.16. The van der Waals surface area contributed by atoms with E-state index in [1.54, 1.807) is 27.0 Å². The molecule has 0 aromatic heterocycles. The molecule has 2 unspecified atom stereocenters. The van der Waals surface area contributed by atoms with E-state index in [1.807, 2.05) is 0 Å². The highest BCUT2D eigenvalue weighted by atomic mass is 16.5. The summed E-state index contributed by atoms with van der Waals surface area (Å²) in [6.45, 7) is 7.15. The quantitative estimate of drug-likeness (QED) is 0.654. The van der Waals surface area contributed by atoms with Crippen molar-refractivity contribution in [2.24, 2.45) is 5.92 Å². The van der Waals surface area contributed by atoms with Crippen molar-refractivity contribution in [1.29, 1.82) is 0 Å². The number of aliphatic carboxylic acids is 1. The van der Waals surface area contributed by atoms with Crippen LogP contribution in [0.15, 0.2) is 12.7 Å². The van der Waals surface area contributed by atoms with Gasteiger partial charge in [-0.1, -0.05) is 13.0 Å². The fourth-order valence-corrected chi connectivity index (χ4v) is 1.17. The molecule has 0 saturated heterocycles. The van der Waals surface area contributed by atoms with Crippen LogP contribution in [0, 0.1) is 5.92 Å². The second kappa shape index (κ2) is 7.00. The monoisotopic (exact) mass is 229 g/mol.